The van der Waals surface area contributed by atoms with Crippen LogP contribution in [0.15, 0.2) is 17.1 Å². The lowest BCUT2D eigenvalue weighted by Gasteiger charge is -2.40. The van der Waals surface area contributed by atoms with Crippen LogP contribution in [-0.4, -0.2) is 52.6 Å². The number of hydrogen-bond acceptors (Lipinski definition) is 7. The first kappa shape index (κ1) is 20.4. The van der Waals surface area contributed by atoms with Crippen molar-refractivity contribution in [1.29, 1.82) is 0 Å². The van der Waals surface area contributed by atoms with E-state index in [-0.39, 0.29) is 41.5 Å². The molecule has 0 aromatic carbocycles. The number of anilines is 2. The SMILES string of the molecule is C[C@@H]1COCCN1c1cc(=O)n2c(n1)N(Cc1cnc(Cl)s1)[C@H](C(F)(F)F)CC2. The van der Waals surface area contributed by atoms with E-state index in [1.165, 1.54) is 16.8 Å². The molecule has 29 heavy (non-hydrogen) atoms. The van der Waals surface area contributed by atoms with Crippen LogP contribution in [0.25, 0.3) is 0 Å². The standard InChI is InChI=1S/C17H19ClF3N5O2S/c1-10-9-28-5-4-24(10)13-6-14(27)25-3-2-12(17(19,20)21)26(16(25)23-13)8-11-7-22-15(18)29-11/h6-7,10,12H,2-5,8-9H2,1H3/t10-,12+/m1/s1. The van der Waals surface area contributed by atoms with E-state index < -0.39 is 12.2 Å². The molecule has 0 unspecified atom stereocenters. The van der Waals surface area contributed by atoms with E-state index in [4.69, 9.17) is 16.3 Å². The van der Waals surface area contributed by atoms with E-state index in [1.54, 1.807) is 0 Å². The second-order valence-electron chi connectivity index (χ2n) is 7.08. The Morgan fingerprint density at radius 1 is 1.38 bits per heavy atom. The first-order valence-corrected chi connectivity index (χ1v) is 10.3. The number of alkyl halides is 3. The molecule has 0 spiro atoms. The van der Waals surface area contributed by atoms with Gasteiger partial charge in [-0.15, -0.1) is 11.3 Å². The summed E-state index contributed by atoms with van der Waals surface area (Å²) < 4.78 is 48.3. The fraction of sp³-hybridized carbons (Fsp3) is 0.588. The molecule has 158 valence electrons. The van der Waals surface area contributed by atoms with Gasteiger partial charge in [0.25, 0.3) is 5.56 Å². The molecule has 4 rings (SSSR count). The zero-order valence-corrected chi connectivity index (χ0v) is 17.1. The number of aromatic nitrogens is 3. The third kappa shape index (κ3) is 4.08. The van der Waals surface area contributed by atoms with Crippen molar-refractivity contribution in [2.24, 2.45) is 0 Å². The minimum Gasteiger partial charge on any atom is -0.377 e. The predicted octanol–water partition coefficient (Wildman–Crippen LogP) is 2.92. The van der Waals surface area contributed by atoms with E-state index in [0.29, 0.717) is 30.5 Å². The zero-order valence-electron chi connectivity index (χ0n) is 15.5. The molecule has 0 amide bonds. The van der Waals surface area contributed by atoms with E-state index in [0.717, 1.165) is 16.2 Å². The van der Waals surface area contributed by atoms with Crippen molar-refractivity contribution in [2.45, 2.75) is 44.7 Å². The molecule has 0 radical (unpaired) electrons. The molecule has 2 aliphatic rings. The lowest BCUT2D eigenvalue weighted by atomic mass is 10.1. The Morgan fingerprint density at radius 3 is 2.83 bits per heavy atom. The molecule has 0 bridgehead atoms. The Hall–Kier alpha value is -1.85. The molecule has 4 heterocycles. The summed E-state index contributed by atoms with van der Waals surface area (Å²) in [5.41, 5.74) is -0.364. The topological polar surface area (TPSA) is 63.5 Å². The van der Waals surface area contributed by atoms with Gasteiger partial charge in [-0.1, -0.05) is 11.6 Å². The second kappa shape index (κ2) is 7.77. The van der Waals surface area contributed by atoms with Crippen molar-refractivity contribution < 1.29 is 17.9 Å². The molecular weight excluding hydrogens is 431 g/mol. The van der Waals surface area contributed by atoms with Gasteiger partial charge in [-0.2, -0.15) is 18.2 Å². The lowest BCUT2D eigenvalue weighted by Crippen LogP contribution is -2.52. The molecule has 0 N–H and O–H groups in total. The molecule has 0 saturated carbocycles. The molecule has 2 aromatic rings. The van der Waals surface area contributed by atoms with Crippen LogP contribution >= 0.6 is 22.9 Å². The van der Waals surface area contributed by atoms with Gasteiger partial charge >= 0.3 is 6.18 Å². The third-order valence-corrected chi connectivity index (χ3v) is 6.22. The van der Waals surface area contributed by atoms with Crippen LogP contribution in [0.3, 0.4) is 0 Å². The molecule has 2 aromatic heterocycles. The summed E-state index contributed by atoms with van der Waals surface area (Å²) in [6.07, 6.45) is -3.23. The second-order valence-corrected chi connectivity index (χ2v) is 8.77. The molecule has 2 aliphatic heterocycles. The number of ether oxygens (including phenoxy) is 1. The van der Waals surface area contributed by atoms with Crippen LogP contribution < -0.4 is 15.4 Å². The fourth-order valence-corrected chi connectivity index (χ4v) is 4.70. The van der Waals surface area contributed by atoms with Crippen LogP contribution in [0.4, 0.5) is 24.9 Å². The fourth-order valence-electron chi connectivity index (χ4n) is 3.72. The maximum atomic E-state index is 13.8. The van der Waals surface area contributed by atoms with Crippen LogP contribution in [-0.2, 0) is 17.8 Å². The van der Waals surface area contributed by atoms with E-state index in [1.807, 2.05) is 11.8 Å². The quantitative estimate of drug-likeness (QED) is 0.718. The molecule has 1 saturated heterocycles. The van der Waals surface area contributed by atoms with Gasteiger partial charge in [0.15, 0.2) is 4.47 Å². The van der Waals surface area contributed by atoms with Gasteiger partial charge in [0.1, 0.15) is 11.9 Å². The summed E-state index contributed by atoms with van der Waals surface area (Å²) in [6, 6.07) is -0.386. The van der Waals surface area contributed by atoms with Crippen molar-refractivity contribution in [3.63, 3.8) is 0 Å². The van der Waals surface area contributed by atoms with Gasteiger partial charge in [-0.3, -0.25) is 9.36 Å². The Kier molecular flexibility index (Phi) is 5.47. The molecule has 0 aliphatic carbocycles. The molecule has 7 nitrogen and oxygen atoms in total. The molecule has 2 atom stereocenters. The minimum absolute atomic E-state index is 0.0179. The average Bonchev–Trinajstić information content (AvgIpc) is 3.06. The van der Waals surface area contributed by atoms with E-state index in [9.17, 15) is 18.0 Å². The molecular formula is C17H19ClF3N5O2S. The summed E-state index contributed by atoms with van der Waals surface area (Å²) >= 11 is 6.96. The normalized spacial score (nSPS) is 22.7. The van der Waals surface area contributed by atoms with Crippen molar-refractivity contribution >= 4 is 34.7 Å². The smallest absolute Gasteiger partial charge is 0.377 e. The Balaban J connectivity index is 1.78. The van der Waals surface area contributed by atoms with Crippen LogP contribution in [0, 0.1) is 0 Å². The van der Waals surface area contributed by atoms with Crippen molar-refractivity contribution in [2.75, 3.05) is 29.6 Å². The number of halogens is 4. The van der Waals surface area contributed by atoms with Gasteiger partial charge < -0.3 is 14.5 Å². The Morgan fingerprint density at radius 2 is 2.17 bits per heavy atom. The maximum absolute atomic E-state index is 13.8. The number of fused-ring (bicyclic) bond motifs is 1. The van der Waals surface area contributed by atoms with Crippen molar-refractivity contribution in [3.8, 4) is 0 Å². The highest BCUT2D eigenvalue weighted by atomic mass is 35.5. The summed E-state index contributed by atoms with van der Waals surface area (Å²) in [4.78, 5) is 24.7. The number of nitrogens with zero attached hydrogens (tertiary/aromatic N) is 5. The van der Waals surface area contributed by atoms with Crippen molar-refractivity contribution in [1.82, 2.24) is 14.5 Å². The monoisotopic (exact) mass is 449 g/mol. The summed E-state index contributed by atoms with van der Waals surface area (Å²) in [7, 11) is 0. The number of morpholine rings is 1. The summed E-state index contributed by atoms with van der Waals surface area (Å²) in [5, 5.41) is 0. The van der Waals surface area contributed by atoms with Gasteiger partial charge in [0.05, 0.1) is 25.8 Å². The predicted molar refractivity (Wildman–Crippen MR) is 104 cm³/mol. The number of thiazole rings is 1. The maximum Gasteiger partial charge on any atom is 0.408 e. The average molecular weight is 450 g/mol. The number of hydrogen-bond donors (Lipinski definition) is 0. The van der Waals surface area contributed by atoms with E-state index in [2.05, 4.69) is 9.97 Å². The van der Waals surface area contributed by atoms with Gasteiger partial charge in [-0.25, -0.2) is 4.98 Å². The summed E-state index contributed by atoms with van der Waals surface area (Å²) in [5.74, 6) is 0.386. The number of rotatable bonds is 3. The van der Waals surface area contributed by atoms with Gasteiger partial charge in [0, 0.05) is 30.2 Å². The largest absolute Gasteiger partial charge is 0.408 e. The first-order chi connectivity index (χ1) is 13.7. The highest BCUT2D eigenvalue weighted by Gasteiger charge is 2.47. The third-order valence-electron chi connectivity index (χ3n) is 5.13. The Labute approximate surface area is 173 Å². The van der Waals surface area contributed by atoms with Crippen LogP contribution in [0.5, 0.6) is 0 Å². The van der Waals surface area contributed by atoms with Crippen LogP contribution in [0.1, 0.15) is 18.2 Å². The molecule has 1 fully saturated rings. The van der Waals surface area contributed by atoms with Crippen LogP contribution in [0.2, 0.25) is 4.47 Å². The summed E-state index contributed by atoms with van der Waals surface area (Å²) in [6.45, 7) is 3.26. The highest BCUT2D eigenvalue weighted by Crippen LogP contribution is 2.36. The van der Waals surface area contributed by atoms with Gasteiger partial charge in [-0.05, 0) is 13.3 Å². The minimum atomic E-state index is -4.46. The first-order valence-electron chi connectivity index (χ1n) is 9.14. The molecule has 12 heteroatoms. The zero-order chi connectivity index (χ0) is 20.8. The highest BCUT2D eigenvalue weighted by molar-refractivity contribution is 7.15. The lowest BCUT2D eigenvalue weighted by molar-refractivity contribution is -0.153. The van der Waals surface area contributed by atoms with Gasteiger partial charge in [0.2, 0.25) is 5.95 Å². The van der Waals surface area contributed by atoms with Crippen molar-refractivity contribution in [3.05, 3.63) is 32.0 Å². The Bertz CT molecular complexity index is 950. The van der Waals surface area contributed by atoms with E-state index >= 15 is 0 Å².